The van der Waals surface area contributed by atoms with E-state index in [9.17, 15) is 26.4 Å². The van der Waals surface area contributed by atoms with Crippen molar-refractivity contribution < 1.29 is 26.4 Å². The summed E-state index contributed by atoms with van der Waals surface area (Å²) < 4.78 is 59.7. The topological polar surface area (TPSA) is 63.2 Å². The summed E-state index contributed by atoms with van der Waals surface area (Å²) in [4.78, 5) is 11.8. The van der Waals surface area contributed by atoms with Gasteiger partial charge in [-0.2, -0.15) is 13.2 Å². The van der Waals surface area contributed by atoms with Crippen LogP contribution in [0.25, 0.3) is 0 Å². The van der Waals surface area contributed by atoms with Gasteiger partial charge in [0.15, 0.2) is 9.84 Å². The van der Waals surface area contributed by atoms with E-state index in [1.807, 2.05) is 0 Å². The average Bonchev–Trinajstić information content (AvgIpc) is 2.35. The molecule has 0 aromatic rings. The Bertz CT molecular complexity index is 492. The number of hydrogen-bond donors (Lipinski definition) is 1. The Kier molecular flexibility index (Phi) is 5.92. The molecule has 0 spiro atoms. The van der Waals surface area contributed by atoms with E-state index in [0.717, 1.165) is 6.26 Å². The average molecular weight is 343 g/mol. The van der Waals surface area contributed by atoms with E-state index in [0.29, 0.717) is 12.8 Å². The summed E-state index contributed by atoms with van der Waals surface area (Å²) >= 11 is 0. The summed E-state index contributed by atoms with van der Waals surface area (Å²) in [6.07, 6.45) is -1.98. The first kappa shape index (κ1) is 19.3. The molecule has 1 fully saturated rings. The molecule has 130 valence electrons. The molecule has 0 heterocycles. The molecule has 0 unspecified atom stereocenters. The number of alkyl halides is 3. The zero-order valence-electron chi connectivity index (χ0n) is 13.2. The highest BCUT2D eigenvalue weighted by molar-refractivity contribution is 7.92. The number of carbonyl (C=O) groups excluding carboxylic acids is 1. The Balaban J connectivity index is 2.39. The summed E-state index contributed by atoms with van der Waals surface area (Å²) in [6.45, 7) is 3.05. The van der Waals surface area contributed by atoms with Crippen molar-refractivity contribution in [1.29, 1.82) is 0 Å². The molecule has 0 aromatic heterocycles. The van der Waals surface area contributed by atoms with Crippen LogP contribution in [0.1, 0.15) is 46.0 Å². The van der Waals surface area contributed by atoms with Gasteiger partial charge in [-0.25, -0.2) is 8.42 Å². The third-order valence-electron chi connectivity index (χ3n) is 4.50. The minimum absolute atomic E-state index is 0.00254. The molecule has 0 aromatic carbocycles. The SMILES string of the molecule is CC(C)(CNC(=O)CC1CCC(C(F)(F)F)CC1)S(C)(=O)=O. The van der Waals surface area contributed by atoms with Crippen LogP contribution in [0.2, 0.25) is 0 Å². The maximum atomic E-state index is 12.6. The van der Waals surface area contributed by atoms with Crippen LogP contribution in [0.3, 0.4) is 0 Å². The summed E-state index contributed by atoms with van der Waals surface area (Å²) in [5.41, 5.74) is 0. The predicted molar refractivity (Wildman–Crippen MR) is 78.1 cm³/mol. The number of rotatable bonds is 5. The van der Waals surface area contributed by atoms with Crippen LogP contribution in [0.4, 0.5) is 13.2 Å². The first-order chi connectivity index (χ1) is 9.83. The van der Waals surface area contributed by atoms with Gasteiger partial charge in [-0.1, -0.05) is 0 Å². The first-order valence-electron chi connectivity index (χ1n) is 7.36. The van der Waals surface area contributed by atoms with Gasteiger partial charge in [0, 0.05) is 19.2 Å². The minimum Gasteiger partial charge on any atom is -0.355 e. The van der Waals surface area contributed by atoms with Crippen molar-refractivity contribution in [2.75, 3.05) is 12.8 Å². The van der Waals surface area contributed by atoms with Gasteiger partial charge in [0.05, 0.1) is 10.7 Å². The fourth-order valence-electron chi connectivity index (χ4n) is 2.47. The standard InChI is InChI=1S/C14H24F3NO3S/c1-13(2,22(3,20)21)9-18-12(19)8-10-4-6-11(7-5-10)14(15,16)17/h10-11H,4-9H2,1-3H3,(H,18,19). The number of amides is 1. The van der Waals surface area contributed by atoms with Crippen LogP contribution in [-0.2, 0) is 14.6 Å². The predicted octanol–water partition coefficient (Wildman–Crippen LogP) is 2.68. The van der Waals surface area contributed by atoms with Crippen molar-refractivity contribution in [1.82, 2.24) is 5.32 Å². The lowest BCUT2D eigenvalue weighted by atomic mass is 9.80. The fourth-order valence-corrected chi connectivity index (χ4v) is 2.81. The lowest BCUT2D eigenvalue weighted by molar-refractivity contribution is -0.184. The second-order valence-electron chi connectivity index (χ2n) is 6.77. The van der Waals surface area contributed by atoms with Gasteiger partial charge in [0.25, 0.3) is 0 Å². The van der Waals surface area contributed by atoms with Crippen LogP contribution in [0.5, 0.6) is 0 Å². The molecule has 0 radical (unpaired) electrons. The molecule has 1 amide bonds. The summed E-state index contributed by atoms with van der Waals surface area (Å²) in [5.74, 6) is -1.61. The Hall–Kier alpha value is -0.790. The highest BCUT2D eigenvalue weighted by Crippen LogP contribution is 2.40. The van der Waals surface area contributed by atoms with Crippen LogP contribution >= 0.6 is 0 Å². The van der Waals surface area contributed by atoms with Gasteiger partial charge in [-0.05, 0) is 45.4 Å². The molecule has 8 heteroatoms. The van der Waals surface area contributed by atoms with Gasteiger partial charge in [-0.15, -0.1) is 0 Å². The summed E-state index contributed by atoms with van der Waals surface area (Å²) in [7, 11) is -3.29. The third-order valence-corrected chi connectivity index (χ3v) is 6.65. The number of halogens is 3. The van der Waals surface area contributed by atoms with E-state index in [1.54, 1.807) is 0 Å². The summed E-state index contributed by atoms with van der Waals surface area (Å²) in [5, 5.41) is 2.58. The van der Waals surface area contributed by atoms with E-state index in [2.05, 4.69) is 5.32 Å². The lowest BCUT2D eigenvalue weighted by Crippen LogP contribution is -2.44. The van der Waals surface area contributed by atoms with Crippen LogP contribution < -0.4 is 5.32 Å². The van der Waals surface area contributed by atoms with E-state index in [-0.39, 0.29) is 37.6 Å². The largest absolute Gasteiger partial charge is 0.391 e. The van der Waals surface area contributed by atoms with Crippen molar-refractivity contribution in [2.24, 2.45) is 11.8 Å². The van der Waals surface area contributed by atoms with Crippen molar-refractivity contribution in [2.45, 2.75) is 56.9 Å². The first-order valence-corrected chi connectivity index (χ1v) is 9.25. The number of sulfone groups is 1. The monoisotopic (exact) mass is 343 g/mol. The van der Waals surface area contributed by atoms with Gasteiger partial charge in [0.1, 0.15) is 0 Å². The second-order valence-corrected chi connectivity index (χ2v) is 9.42. The molecule has 1 rings (SSSR count). The van der Waals surface area contributed by atoms with Crippen LogP contribution in [0.15, 0.2) is 0 Å². The minimum atomic E-state index is -4.15. The molecule has 1 aliphatic rings. The molecule has 22 heavy (non-hydrogen) atoms. The van der Waals surface area contributed by atoms with Crippen molar-refractivity contribution in [3.05, 3.63) is 0 Å². The Morgan fingerprint density at radius 2 is 1.64 bits per heavy atom. The van der Waals surface area contributed by atoms with E-state index < -0.39 is 26.7 Å². The molecular weight excluding hydrogens is 319 g/mol. The smallest absolute Gasteiger partial charge is 0.355 e. The fraction of sp³-hybridized carbons (Fsp3) is 0.929. The molecule has 0 atom stereocenters. The third kappa shape index (κ3) is 5.44. The molecule has 4 nitrogen and oxygen atoms in total. The zero-order valence-corrected chi connectivity index (χ0v) is 14.0. The van der Waals surface area contributed by atoms with E-state index >= 15 is 0 Å². The molecule has 1 saturated carbocycles. The Morgan fingerprint density at radius 3 is 2.05 bits per heavy atom. The molecule has 0 aliphatic heterocycles. The zero-order chi connectivity index (χ0) is 17.2. The maximum Gasteiger partial charge on any atom is 0.391 e. The van der Waals surface area contributed by atoms with Crippen molar-refractivity contribution in [3.63, 3.8) is 0 Å². The highest BCUT2D eigenvalue weighted by Gasteiger charge is 2.41. The Morgan fingerprint density at radius 1 is 1.14 bits per heavy atom. The van der Waals surface area contributed by atoms with E-state index in [1.165, 1.54) is 13.8 Å². The number of carbonyl (C=O) groups is 1. The normalized spacial score (nSPS) is 24.1. The van der Waals surface area contributed by atoms with E-state index in [4.69, 9.17) is 0 Å². The lowest BCUT2D eigenvalue weighted by Gasteiger charge is -2.30. The molecule has 0 bridgehead atoms. The molecular formula is C14H24F3NO3S. The van der Waals surface area contributed by atoms with Gasteiger partial charge in [-0.3, -0.25) is 4.79 Å². The molecule has 1 N–H and O–H groups in total. The number of hydrogen-bond acceptors (Lipinski definition) is 3. The molecule has 1 aliphatic carbocycles. The molecule has 0 saturated heterocycles. The van der Waals surface area contributed by atoms with Gasteiger partial charge in [0.2, 0.25) is 5.91 Å². The van der Waals surface area contributed by atoms with Crippen LogP contribution in [-0.4, -0.2) is 38.0 Å². The highest BCUT2D eigenvalue weighted by atomic mass is 32.2. The van der Waals surface area contributed by atoms with Gasteiger partial charge < -0.3 is 5.32 Å². The van der Waals surface area contributed by atoms with Crippen LogP contribution in [0, 0.1) is 11.8 Å². The second kappa shape index (κ2) is 6.76. The van der Waals surface area contributed by atoms with Crippen molar-refractivity contribution >= 4 is 15.7 Å². The maximum absolute atomic E-state index is 12.6. The van der Waals surface area contributed by atoms with Gasteiger partial charge >= 0.3 is 6.18 Å². The van der Waals surface area contributed by atoms with Crippen molar-refractivity contribution in [3.8, 4) is 0 Å². The quantitative estimate of drug-likeness (QED) is 0.835. The number of nitrogens with one attached hydrogen (secondary N) is 1. The Labute approximate surface area is 129 Å². The summed E-state index contributed by atoms with van der Waals surface area (Å²) in [6, 6.07) is 0.